The van der Waals surface area contributed by atoms with Gasteiger partial charge in [-0.2, -0.15) is 0 Å². The summed E-state index contributed by atoms with van der Waals surface area (Å²) in [5.74, 6) is -1.56. The zero-order valence-corrected chi connectivity index (χ0v) is 25.6. The maximum atomic E-state index is 13.5. The molecule has 0 fully saturated rings. The van der Waals surface area contributed by atoms with E-state index in [1.165, 1.54) is 16.9 Å². The minimum atomic E-state index is -1.07. The van der Waals surface area contributed by atoms with E-state index in [1.54, 1.807) is 60.6 Å². The highest BCUT2D eigenvalue weighted by atomic mass is 16.6. The second-order valence-electron chi connectivity index (χ2n) is 12.9. The SMILES string of the molecule is COC(=O)C1CN(C(=O)OC(C)(C)C)c2ccc(CCOC(=O)C3(C)CN(C(=O)OC(C)(C)C)c4ccccc43)cc21. The third kappa shape index (κ3) is 6.37. The molecule has 2 aromatic rings. The van der Waals surface area contributed by atoms with Crippen LogP contribution >= 0.6 is 0 Å². The lowest BCUT2D eigenvalue weighted by molar-refractivity contribution is -0.149. The number of benzene rings is 2. The number of esters is 2. The molecule has 10 heteroatoms. The van der Waals surface area contributed by atoms with Crippen molar-refractivity contribution >= 4 is 35.5 Å². The minimum Gasteiger partial charge on any atom is -0.468 e. The molecule has 2 aliphatic rings. The first-order valence-corrected chi connectivity index (χ1v) is 14.0. The average molecular weight is 581 g/mol. The van der Waals surface area contributed by atoms with Crippen LogP contribution in [0.4, 0.5) is 21.0 Å². The molecule has 2 unspecified atom stereocenters. The van der Waals surface area contributed by atoms with Crippen molar-refractivity contribution in [2.75, 3.05) is 36.6 Å². The molecule has 2 amide bonds. The van der Waals surface area contributed by atoms with E-state index >= 15 is 0 Å². The first-order chi connectivity index (χ1) is 19.5. The van der Waals surface area contributed by atoms with Gasteiger partial charge in [0.1, 0.15) is 22.5 Å². The van der Waals surface area contributed by atoms with Gasteiger partial charge >= 0.3 is 24.1 Å². The topological polar surface area (TPSA) is 112 Å². The first-order valence-electron chi connectivity index (χ1n) is 14.0. The van der Waals surface area contributed by atoms with Crippen LogP contribution in [0.25, 0.3) is 0 Å². The van der Waals surface area contributed by atoms with Crippen LogP contribution in [0.2, 0.25) is 0 Å². The van der Waals surface area contributed by atoms with Crippen LogP contribution in [0.3, 0.4) is 0 Å². The Bertz CT molecular complexity index is 1390. The number of para-hydroxylation sites is 1. The van der Waals surface area contributed by atoms with Crippen molar-refractivity contribution in [2.24, 2.45) is 0 Å². The van der Waals surface area contributed by atoms with Crippen LogP contribution < -0.4 is 9.80 Å². The second kappa shape index (κ2) is 11.3. The van der Waals surface area contributed by atoms with Crippen molar-refractivity contribution < 1.29 is 38.1 Å². The largest absolute Gasteiger partial charge is 0.468 e. The monoisotopic (exact) mass is 580 g/mol. The summed E-state index contributed by atoms with van der Waals surface area (Å²) in [4.78, 5) is 54.7. The van der Waals surface area contributed by atoms with E-state index in [-0.39, 0.29) is 19.7 Å². The molecule has 2 aromatic carbocycles. The summed E-state index contributed by atoms with van der Waals surface area (Å²) in [5, 5.41) is 0. The van der Waals surface area contributed by atoms with Gasteiger partial charge in [-0.3, -0.25) is 19.4 Å². The molecular weight excluding hydrogens is 540 g/mol. The Morgan fingerprint density at radius 3 is 2.12 bits per heavy atom. The van der Waals surface area contributed by atoms with E-state index < -0.39 is 46.7 Å². The van der Waals surface area contributed by atoms with Gasteiger partial charge in [-0.1, -0.05) is 30.3 Å². The predicted molar refractivity (Wildman–Crippen MR) is 157 cm³/mol. The Hall–Kier alpha value is -4.08. The molecule has 0 saturated carbocycles. The summed E-state index contributed by atoms with van der Waals surface area (Å²) in [6.07, 6.45) is -0.681. The first kappa shape index (κ1) is 30.9. The number of nitrogens with zero attached hydrogens (tertiary/aromatic N) is 2. The molecule has 2 aliphatic heterocycles. The van der Waals surface area contributed by atoms with Crippen molar-refractivity contribution in [1.29, 1.82) is 0 Å². The van der Waals surface area contributed by atoms with Crippen LogP contribution in [0.5, 0.6) is 0 Å². The summed E-state index contributed by atoms with van der Waals surface area (Å²) >= 11 is 0. The number of carbonyl (C=O) groups is 4. The standard InChI is InChI=1S/C32H40N2O8/c1-30(2,3)41-28(37)33-18-22(26(35)39-8)21-17-20(13-14-24(21)33)15-16-40-27(36)32(7)19-34(29(38)42-31(4,5)6)25-12-10-9-11-23(25)32/h9-14,17,22H,15-16,18-19H2,1-8H3. The van der Waals surface area contributed by atoms with Gasteiger partial charge in [0.25, 0.3) is 0 Å². The molecule has 0 radical (unpaired) electrons. The van der Waals surface area contributed by atoms with Crippen LogP contribution in [0.1, 0.15) is 71.1 Å². The molecule has 10 nitrogen and oxygen atoms in total. The lowest BCUT2D eigenvalue weighted by Crippen LogP contribution is -2.43. The lowest BCUT2D eigenvalue weighted by atomic mass is 9.84. The highest BCUT2D eigenvalue weighted by Crippen LogP contribution is 2.42. The number of rotatable bonds is 5. The molecule has 0 aromatic heterocycles. The van der Waals surface area contributed by atoms with E-state index in [4.69, 9.17) is 18.9 Å². The van der Waals surface area contributed by atoms with Gasteiger partial charge in [0.15, 0.2) is 0 Å². The number of hydrogen-bond acceptors (Lipinski definition) is 8. The Balaban J connectivity index is 1.47. The summed E-state index contributed by atoms with van der Waals surface area (Å²) in [5.41, 5.74) is 0.931. The maximum Gasteiger partial charge on any atom is 0.414 e. The van der Waals surface area contributed by atoms with Gasteiger partial charge in [0.05, 0.1) is 25.1 Å². The van der Waals surface area contributed by atoms with E-state index in [0.717, 1.165) is 5.56 Å². The summed E-state index contributed by atoms with van der Waals surface area (Å²) in [7, 11) is 1.31. The molecule has 0 saturated heterocycles. The van der Waals surface area contributed by atoms with Crippen molar-refractivity contribution in [3.8, 4) is 0 Å². The minimum absolute atomic E-state index is 0.0838. The highest BCUT2D eigenvalue weighted by molar-refractivity contribution is 5.98. The van der Waals surface area contributed by atoms with Gasteiger partial charge in [0, 0.05) is 19.5 Å². The summed E-state index contributed by atoms with van der Waals surface area (Å²) < 4.78 is 21.9. The molecule has 0 aliphatic carbocycles. The highest BCUT2D eigenvalue weighted by Gasteiger charge is 2.48. The summed E-state index contributed by atoms with van der Waals surface area (Å²) in [6.45, 7) is 12.8. The number of methoxy groups -OCH3 is 1. The third-order valence-corrected chi connectivity index (χ3v) is 7.17. The van der Waals surface area contributed by atoms with Gasteiger partial charge in [0.2, 0.25) is 0 Å². The Kier molecular flexibility index (Phi) is 8.31. The molecule has 42 heavy (non-hydrogen) atoms. The van der Waals surface area contributed by atoms with Crippen molar-refractivity contribution in [3.63, 3.8) is 0 Å². The molecule has 2 heterocycles. The Morgan fingerprint density at radius 1 is 0.881 bits per heavy atom. The lowest BCUT2D eigenvalue weighted by Gasteiger charge is -2.26. The van der Waals surface area contributed by atoms with Crippen LogP contribution in [0, 0.1) is 0 Å². The van der Waals surface area contributed by atoms with E-state index in [1.807, 2.05) is 30.3 Å². The van der Waals surface area contributed by atoms with Crippen molar-refractivity contribution in [1.82, 2.24) is 0 Å². The number of fused-ring (bicyclic) bond motifs is 2. The van der Waals surface area contributed by atoms with Crippen LogP contribution in [-0.2, 0) is 40.4 Å². The molecule has 2 atom stereocenters. The smallest absolute Gasteiger partial charge is 0.414 e. The molecule has 0 N–H and O–H groups in total. The quantitative estimate of drug-likeness (QED) is 0.337. The fourth-order valence-electron chi connectivity index (χ4n) is 5.23. The Labute approximate surface area is 246 Å². The molecule has 226 valence electrons. The van der Waals surface area contributed by atoms with Crippen molar-refractivity contribution in [3.05, 3.63) is 59.2 Å². The molecule has 0 bridgehead atoms. The number of anilines is 2. The molecular formula is C32H40N2O8. The number of amides is 2. The third-order valence-electron chi connectivity index (χ3n) is 7.17. The number of hydrogen-bond donors (Lipinski definition) is 0. The van der Waals surface area contributed by atoms with Crippen molar-refractivity contribution in [2.45, 2.75) is 77.4 Å². The fourth-order valence-corrected chi connectivity index (χ4v) is 5.23. The van der Waals surface area contributed by atoms with E-state index in [9.17, 15) is 19.2 Å². The maximum absolute atomic E-state index is 13.5. The zero-order chi connectivity index (χ0) is 31.0. The van der Waals surface area contributed by atoms with Gasteiger partial charge < -0.3 is 18.9 Å². The zero-order valence-electron chi connectivity index (χ0n) is 25.6. The Morgan fingerprint density at radius 2 is 1.50 bits per heavy atom. The molecule has 4 rings (SSSR count). The second-order valence-corrected chi connectivity index (χ2v) is 12.9. The van der Waals surface area contributed by atoms with Gasteiger partial charge in [-0.25, -0.2) is 9.59 Å². The van der Waals surface area contributed by atoms with Crippen LogP contribution in [0.15, 0.2) is 42.5 Å². The van der Waals surface area contributed by atoms with Gasteiger partial charge in [-0.05, 0) is 77.3 Å². The normalized spacial score (nSPS) is 19.6. The predicted octanol–water partition coefficient (Wildman–Crippen LogP) is 5.50. The van der Waals surface area contributed by atoms with Gasteiger partial charge in [-0.15, -0.1) is 0 Å². The number of ether oxygens (including phenoxy) is 4. The average Bonchev–Trinajstić information content (AvgIpc) is 3.43. The van der Waals surface area contributed by atoms with Crippen LogP contribution in [-0.4, -0.2) is 62.1 Å². The molecule has 0 spiro atoms. The fraction of sp³-hybridized carbons (Fsp3) is 0.500. The van der Waals surface area contributed by atoms with E-state index in [2.05, 4.69) is 0 Å². The van der Waals surface area contributed by atoms with E-state index in [0.29, 0.717) is 28.9 Å². The number of carbonyl (C=O) groups excluding carboxylic acids is 4. The summed E-state index contributed by atoms with van der Waals surface area (Å²) in [6, 6.07) is 12.7.